The molecule has 1 unspecified atom stereocenters. The predicted octanol–water partition coefficient (Wildman–Crippen LogP) is 5.48. The summed E-state index contributed by atoms with van der Waals surface area (Å²) in [5, 5.41) is 4.09. The van der Waals surface area contributed by atoms with E-state index in [0.717, 1.165) is 24.8 Å². The molecule has 7 heteroatoms. The van der Waals surface area contributed by atoms with E-state index in [1.165, 1.54) is 5.56 Å². The quantitative estimate of drug-likeness (QED) is 0.338. The Labute approximate surface area is 216 Å². The van der Waals surface area contributed by atoms with E-state index in [1.54, 1.807) is 18.4 Å². The summed E-state index contributed by atoms with van der Waals surface area (Å²) < 4.78 is 10.8. The maximum atomic E-state index is 13.4. The summed E-state index contributed by atoms with van der Waals surface area (Å²) in [6, 6.07) is 23.4. The Morgan fingerprint density at radius 3 is 2.35 bits per heavy atom. The number of benzene rings is 2. The molecule has 1 atom stereocenters. The van der Waals surface area contributed by atoms with Crippen LogP contribution in [0.15, 0.2) is 88.0 Å². The van der Waals surface area contributed by atoms with Crippen LogP contribution in [0.1, 0.15) is 45.1 Å². The molecule has 3 heterocycles. The van der Waals surface area contributed by atoms with Gasteiger partial charge in [-0.3, -0.25) is 9.59 Å². The molecule has 1 saturated heterocycles. The normalized spacial score (nSPS) is 14.9. The SMILES string of the molecule is Cc1occc1C(=O)N(C)C(Cc1ccccc1)C1CCN(C(=O)c2cc(-c3ccccc3)no2)CC1. The molecule has 0 aliphatic carbocycles. The molecular formula is C30H31N3O4. The molecule has 1 fully saturated rings. The molecule has 190 valence electrons. The number of likely N-dealkylation sites (N-methyl/N-ethyl adjacent to an activating group) is 1. The van der Waals surface area contributed by atoms with Gasteiger partial charge in [0.1, 0.15) is 11.5 Å². The minimum Gasteiger partial charge on any atom is -0.469 e. The van der Waals surface area contributed by atoms with E-state index in [4.69, 9.17) is 8.94 Å². The lowest BCUT2D eigenvalue weighted by Gasteiger charge is -2.40. The highest BCUT2D eigenvalue weighted by atomic mass is 16.5. The van der Waals surface area contributed by atoms with Gasteiger partial charge < -0.3 is 18.7 Å². The van der Waals surface area contributed by atoms with Crippen LogP contribution >= 0.6 is 0 Å². The van der Waals surface area contributed by atoms with Crippen molar-refractivity contribution in [3.05, 3.63) is 102 Å². The molecule has 0 spiro atoms. The number of carbonyl (C=O) groups is 2. The van der Waals surface area contributed by atoms with E-state index in [9.17, 15) is 9.59 Å². The summed E-state index contributed by atoms with van der Waals surface area (Å²) >= 11 is 0. The van der Waals surface area contributed by atoms with Gasteiger partial charge >= 0.3 is 0 Å². The number of furan rings is 1. The van der Waals surface area contributed by atoms with Crippen molar-refractivity contribution in [2.45, 2.75) is 32.2 Å². The lowest BCUT2D eigenvalue weighted by atomic mass is 9.84. The van der Waals surface area contributed by atoms with Gasteiger partial charge in [0.2, 0.25) is 5.76 Å². The van der Waals surface area contributed by atoms with Gasteiger partial charge in [-0.2, -0.15) is 0 Å². The van der Waals surface area contributed by atoms with Gasteiger partial charge in [0.05, 0.1) is 11.8 Å². The Morgan fingerprint density at radius 2 is 1.70 bits per heavy atom. The fourth-order valence-electron chi connectivity index (χ4n) is 5.19. The van der Waals surface area contributed by atoms with Gasteiger partial charge in [-0.25, -0.2) is 0 Å². The van der Waals surface area contributed by atoms with Crippen molar-refractivity contribution in [1.29, 1.82) is 0 Å². The average molecular weight is 498 g/mol. The van der Waals surface area contributed by atoms with Gasteiger partial charge in [-0.1, -0.05) is 65.8 Å². The summed E-state index contributed by atoms with van der Waals surface area (Å²) in [7, 11) is 1.87. The number of hydrogen-bond donors (Lipinski definition) is 0. The van der Waals surface area contributed by atoms with Crippen LogP contribution in [-0.4, -0.2) is 52.9 Å². The van der Waals surface area contributed by atoms with Crippen molar-refractivity contribution in [1.82, 2.24) is 15.0 Å². The van der Waals surface area contributed by atoms with Gasteiger partial charge in [0.25, 0.3) is 11.8 Å². The molecule has 0 radical (unpaired) electrons. The van der Waals surface area contributed by atoms with E-state index in [2.05, 4.69) is 17.3 Å². The number of amides is 2. The first-order chi connectivity index (χ1) is 18.0. The molecule has 1 aliphatic rings. The Kier molecular flexibility index (Phi) is 7.21. The number of likely N-dealkylation sites (tertiary alicyclic amines) is 1. The zero-order valence-corrected chi connectivity index (χ0v) is 21.2. The Bertz CT molecular complexity index is 1340. The zero-order chi connectivity index (χ0) is 25.8. The predicted molar refractivity (Wildman–Crippen MR) is 140 cm³/mol. The standard InChI is InChI=1S/C30H31N3O4/c1-21-25(15-18-36-21)29(34)32(2)27(19-22-9-5-3-6-10-22)24-13-16-33(17-14-24)30(35)28-20-26(31-37-28)23-11-7-4-8-12-23/h3-12,15,18,20,24,27H,13-14,16-17,19H2,1-2H3. The highest BCUT2D eigenvalue weighted by Gasteiger charge is 2.34. The van der Waals surface area contributed by atoms with Crippen LogP contribution in [0, 0.1) is 12.8 Å². The molecule has 37 heavy (non-hydrogen) atoms. The minimum absolute atomic E-state index is 0.00332. The first kappa shape index (κ1) is 24.6. The molecule has 1 aliphatic heterocycles. The van der Waals surface area contributed by atoms with Crippen LogP contribution in [0.3, 0.4) is 0 Å². The van der Waals surface area contributed by atoms with Crippen LogP contribution in [0.5, 0.6) is 0 Å². The molecule has 2 aromatic heterocycles. The maximum absolute atomic E-state index is 13.4. The van der Waals surface area contributed by atoms with E-state index in [1.807, 2.05) is 72.3 Å². The Balaban J connectivity index is 1.28. The molecular weight excluding hydrogens is 466 g/mol. The second-order valence-corrected chi connectivity index (χ2v) is 9.64. The van der Waals surface area contributed by atoms with E-state index >= 15 is 0 Å². The van der Waals surface area contributed by atoms with Crippen molar-refractivity contribution in [2.75, 3.05) is 20.1 Å². The van der Waals surface area contributed by atoms with Gasteiger partial charge in [-0.15, -0.1) is 0 Å². The summed E-state index contributed by atoms with van der Waals surface area (Å²) in [5.41, 5.74) is 3.34. The molecule has 4 aromatic rings. The van der Waals surface area contributed by atoms with Crippen LogP contribution in [-0.2, 0) is 6.42 Å². The average Bonchev–Trinajstić information content (AvgIpc) is 3.61. The number of piperidine rings is 1. The summed E-state index contributed by atoms with van der Waals surface area (Å²) in [5.74, 6) is 0.936. The highest BCUT2D eigenvalue weighted by Crippen LogP contribution is 2.29. The summed E-state index contributed by atoms with van der Waals surface area (Å²) in [4.78, 5) is 30.2. The highest BCUT2D eigenvalue weighted by molar-refractivity contribution is 5.95. The largest absolute Gasteiger partial charge is 0.469 e. The molecule has 0 bridgehead atoms. The number of hydrogen-bond acceptors (Lipinski definition) is 5. The second kappa shape index (κ2) is 10.9. The lowest BCUT2D eigenvalue weighted by molar-refractivity contribution is 0.0502. The lowest BCUT2D eigenvalue weighted by Crippen LogP contribution is -2.48. The van der Waals surface area contributed by atoms with Crippen LogP contribution in [0.25, 0.3) is 11.3 Å². The van der Waals surface area contributed by atoms with Gasteiger partial charge in [-0.05, 0) is 43.7 Å². The molecule has 2 amide bonds. The van der Waals surface area contributed by atoms with Crippen molar-refractivity contribution < 1.29 is 18.5 Å². The number of rotatable bonds is 7. The third-order valence-corrected chi connectivity index (χ3v) is 7.36. The fraction of sp³-hybridized carbons (Fsp3) is 0.300. The third-order valence-electron chi connectivity index (χ3n) is 7.36. The van der Waals surface area contributed by atoms with Crippen LogP contribution in [0.4, 0.5) is 0 Å². The Hall–Kier alpha value is -4.13. The van der Waals surface area contributed by atoms with Crippen LogP contribution in [0.2, 0.25) is 0 Å². The number of carbonyl (C=O) groups excluding carboxylic acids is 2. The number of aryl methyl sites for hydroxylation is 1. The molecule has 7 nitrogen and oxygen atoms in total. The summed E-state index contributed by atoms with van der Waals surface area (Å²) in [6.07, 6.45) is 3.90. The minimum atomic E-state index is -0.147. The van der Waals surface area contributed by atoms with E-state index in [0.29, 0.717) is 30.1 Å². The fourth-order valence-corrected chi connectivity index (χ4v) is 5.19. The zero-order valence-electron chi connectivity index (χ0n) is 21.2. The smallest absolute Gasteiger partial charge is 0.292 e. The Morgan fingerprint density at radius 1 is 1.03 bits per heavy atom. The van der Waals surface area contributed by atoms with Gasteiger partial charge in [0, 0.05) is 37.8 Å². The maximum Gasteiger partial charge on any atom is 0.292 e. The number of nitrogens with zero attached hydrogens (tertiary/aromatic N) is 3. The third kappa shape index (κ3) is 5.35. The van der Waals surface area contributed by atoms with Crippen molar-refractivity contribution in [3.8, 4) is 11.3 Å². The first-order valence-corrected chi connectivity index (χ1v) is 12.7. The van der Waals surface area contributed by atoms with Crippen molar-refractivity contribution in [2.24, 2.45) is 5.92 Å². The molecule has 0 saturated carbocycles. The van der Waals surface area contributed by atoms with Crippen LogP contribution < -0.4 is 0 Å². The second-order valence-electron chi connectivity index (χ2n) is 9.64. The van der Waals surface area contributed by atoms with Gasteiger partial charge in [0.15, 0.2) is 0 Å². The molecule has 5 rings (SSSR count). The topological polar surface area (TPSA) is 79.8 Å². The number of aromatic nitrogens is 1. The van der Waals surface area contributed by atoms with Crippen molar-refractivity contribution >= 4 is 11.8 Å². The van der Waals surface area contributed by atoms with Crippen molar-refractivity contribution in [3.63, 3.8) is 0 Å². The molecule has 0 N–H and O–H groups in total. The van der Waals surface area contributed by atoms with E-state index < -0.39 is 0 Å². The first-order valence-electron chi connectivity index (χ1n) is 12.7. The van der Waals surface area contributed by atoms with E-state index in [-0.39, 0.29) is 29.5 Å². The molecule has 2 aromatic carbocycles. The summed E-state index contributed by atoms with van der Waals surface area (Å²) in [6.45, 7) is 3.01. The monoisotopic (exact) mass is 497 g/mol.